The lowest BCUT2D eigenvalue weighted by Gasteiger charge is -2.22. The van der Waals surface area contributed by atoms with Crippen LogP contribution in [0, 0.1) is 6.92 Å². The first kappa shape index (κ1) is 13.8. The summed E-state index contributed by atoms with van der Waals surface area (Å²) in [6, 6.07) is 8.13. The number of nitrogens with one attached hydrogen (secondary N) is 2. The number of imidazole rings is 1. The predicted octanol–water partition coefficient (Wildman–Crippen LogP) is 3.56. The van der Waals surface area contributed by atoms with Gasteiger partial charge < -0.3 is 14.9 Å². The van der Waals surface area contributed by atoms with Gasteiger partial charge in [0.2, 0.25) is 0 Å². The van der Waals surface area contributed by atoms with Crippen molar-refractivity contribution in [3.05, 3.63) is 59.7 Å². The standard InChI is InChI=1S/C18H18N4O/c1-11-3-5-13(6-4-11)21-18(23)14-10-20-15-9-12(2)22-8-7-19-17(22)16(14)15/h3-8,10,12,20H,9H2,1-2H3,(H,21,23). The molecule has 1 aliphatic heterocycles. The van der Waals surface area contributed by atoms with E-state index in [0.29, 0.717) is 11.6 Å². The van der Waals surface area contributed by atoms with E-state index in [1.165, 1.54) is 0 Å². The van der Waals surface area contributed by atoms with Crippen LogP contribution in [0.1, 0.15) is 34.6 Å². The number of aromatic amines is 1. The second-order valence-corrected chi connectivity index (χ2v) is 6.09. The molecule has 3 heterocycles. The fraction of sp³-hybridized carbons (Fsp3) is 0.222. The first-order valence-corrected chi connectivity index (χ1v) is 7.75. The quantitative estimate of drug-likeness (QED) is 0.760. The van der Waals surface area contributed by atoms with Crippen LogP contribution in [-0.4, -0.2) is 20.4 Å². The predicted molar refractivity (Wildman–Crippen MR) is 89.6 cm³/mol. The summed E-state index contributed by atoms with van der Waals surface area (Å²) in [5.41, 5.74) is 4.59. The first-order valence-electron chi connectivity index (χ1n) is 7.75. The van der Waals surface area contributed by atoms with Crippen LogP contribution in [0.5, 0.6) is 0 Å². The summed E-state index contributed by atoms with van der Waals surface area (Å²) in [5.74, 6) is 0.740. The van der Waals surface area contributed by atoms with E-state index in [1.54, 1.807) is 12.4 Å². The number of carbonyl (C=O) groups excluding carboxylic acids is 1. The van der Waals surface area contributed by atoms with Crippen molar-refractivity contribution in [2.45, 2.75) is 26.3 Å². The molecular formula is C18H18N4O. The summed E-state index contributed by atoms with van der Waals surface area (Å²) in [7, 11) is 0. The van der Waals surface area contributed by atoms with Crippen LogP contribution in [0.15, 0.2) is 42.9 Å². The Bertz CT molecular complexity index is 873. The van der Waals surface area contributed by atoms with E-state index in [9.17, 15) is 4.79 Å². The van der Waals surface area contributed by atoms with Crippen LogP contribution in [0.2, 0.25) is 0 Å². The van der Waals surface area contributed by atoms with Gasteiger partial charge in [-0.15, -0.1) is 0 Å². The molecule has 0 spiro atoms. The molecule has 0 saturated carbocycles. The van der Waals surface area contributed by atoms with Crippen molar-refractivity contribution in [2.75, 3.05) is 5.32 Å². The minimum atomic E-state index is -0.115. The third-order valence-corrected chi connectivity index (χ3v) is 4.38. The van der Waals surface area contributed by atoms with Crippen molar-refractivity contribution >= 4 is 11.6 Å². The van der Waals surface area contributed by atoms with Gasteiger partial charge in [-0.2, -0.15) is 0 Å². The average molecular weight is 306 g/mol. The number of benzene rings is 1. The van der Waals surface area contributed by atoms with Gasteiger partial charge in [-0.05, 0) is 26.0 Å². The summed E-state index contributed by atoms with van der Waals surface area (Å²) >= 11 is 0. The summed E-state index contributed by atoms with van der Waals surface area (Å²) in [6.07, 6.45) is 6.41. The van der Waals surface area contributed by atoms with Gasteiger partial charge in [0.15, 0.2) is 0 Å². The molecule has 0 bridgehead atoms. The molecule has 5 heteroatoms. The fourth-order valence-electron chi connectivity index (χ4n) is 3.15. The van der Waals surface area contributed by atoms with Crippen LogP contribution < -0.4 is 5.32 Å². The molecule has 1 atom stereocenters. The topological polar surface area (TPSA) is 62.7 Å². The van der Waals surface area contributed by atoms with E-state index in [1.807, 2.05) is 37.4 Å². The van der Waals surface area contributed by atoms with E-state index in [0.717, 1.165) is 34.8 Å². The van der Waals surface area contributed by atoms with Crippen LogP contribution in [-0.2, 0) is 6.42 Å². The summed E-state index contributed by atoms with van der Waals surface area (Å²) in [5, 5.41) is 2.96. The van der Waals surface area contributed by atoms with E-state index in [-0.39, 0.29) is 5.91 Å². The third kappa shape index (κ3) is 2.25. The van der Waals surface area contributed by atoms with Crippen molar-refractivity contribution in [3.63, 3.8) is 0 Å². The molecule has 0 aliphatic carbocycles. The number of hydrogen-bond acceptors (Lipinski definition) is 2. The van der Waals surface area contributed by atoms with Gasteiger partial charge in [0.1, 0.15) is 5.82 Å². The molecule has 2 N–H and O–H groups in total. The number of carbonyl (C=O) groups is 1. The highest BCUT2D eigenvalue weighted by atomic mass is 16.1. The Hall–Kier alpha value is -2.82. The Kier molecular flexibility index (Phi) is 3.08. The van der Waals surface area contributed by atoms with Gasteiger partial charge in [-0.3, -0.25) is 4.79 Å². The molecule has 1 aromatic carbocycles. The van der Waals surface area contributed by atoms with Gasteiger partial charge in [-0.25, -0.2) is 4.98 Å². The van der Waals surface area contributed by atoms with Gasteiger partial charge in [-0.1, -0.05) is 17.7 Å². The molecule has 1 aliphatic rings. The van der Waals surface area contributed by atoms with E-state index in [2.05, 4.69) is 26.8 Å². The highest BCUT2D eigenvalue weighted by Crippen LogP contribution is 2.35. The second kappa shape index (κ2) is 5.12. The number of hydrogen-bond donors (Lipinski definition) is 2. The van der Waals surface area contributed by atoms with Crippen molar-refractivity contribution in [1.29, 1.82) is 0 Å². The van der Waals surface area contributed by atoms with Crippen LogP contribution >= 0.6 is 0 Å². The Labute approximate surface area is 134 Å². The monoisotopic (exact) mass is 306 g/mol. The van der Waals surface area contributed by atoms with Crippen molar-refractivity contribution in [2.24, 2.45) is 0 Å². The van der Waals surface area contributed by atoms with Crippen molar-refractivity contribution in [1.82, 2.24) is 14.5 Å². The Morgan fingerprint density at radius 2 is 2.13 bits per heavy atom. The zero-order valence-corrected chi connectivity index (χ0v) is 13.1. The van der Waals surface area contributed by atoms with Gasteiger partial charge >= 0.3 is 0 Å². The number of rotatable bonds is 2. The van der Waals surface area contributed by atoms with E-state index in [4.69, 9.17) is 0 Å². The maximum Gasteiger partial charge on any atom is 0.257 e. The molecule has 0 fully saturated rings. The normalized spacial score (nSPS) is 15.8. The lowest BCUT2D eigenvalue weighted by Crippen LogP contribution is -2.18. The van der Waals surface area contributed by atoms with Crippen LogP contribution in [0.4, 0.5) is 5.69 Å². The summed E-state index contributed by atoms with van der Waals surface area (Å²) < 4.78 is 2.12. The molecular weight excluding hydrogens is 288 g/mol. The molecule has 116 valence electrons. The average Bonchev–Trinajstić information content (AvgIpc) is 3.15. The number of amides is 1. The maximum atomic E-state index is 12.7. The Morgan fingerprint density at radius 1 is 1.35 bits per heavy atom. The molecule has 4 rings (SSSR count). The number of H-pyrrole nitrogens is 1. The van der Waals surface area contributed by atoms with E-state index < -0.39 is 0 Å². The highest BCUT2D eigenvalue weighted by Gasteiger charge is 2.28. The molecule has 2 aromatic heterocycles. The molecule has 1 unspecified atom stereocenters. The SMILES string of the molecule is Cc1ccc(NC(=O)c2c[nH]c3c2-c2nccn2C(C)C3)cc1. The molecule has 3 aromatic rings. The molecule has 0 radical (unpaired) electrons. The minimum absolute atomic E-state index is 0.115. The smallest absolute Gasteiger partial charge is 0.257 e. The van der Waals surface area contributed by atoms with Crippen molar-refractivity contribution < 1.29 is 4.79 Å². The van der Waals surface area contributed by atoms with Crippen LogP contribution in [0.25, 0.3) is 11.4 Å². The van der Waals surface area contributed by atoms with Gasteiger partial charge in [0, 0.05) is 42.4 Å². The number of aromatic nitrogens is 3. The molecule has 0 saturated heterocycles. The van der Waals surface area contributed by atoms with E-state index >= 15 is 0 Å². The van der Waals surface area contributed by atoms with Crippen LogP contribution in [0.3, 0.4) is 0 Å². The molecule has 5 nitrogen and oxygen atoms in total. The van der Waals surface area contributed by atoms with Crippen molar-refractivity contribution in [3.8, 4) is 11.4 Å². The minimum Gasteiger partial charge on any atom is -0.364 e. The lowest BCUT2D eigenvalue weighted by atomic mass is 10.0. The number of fused-ring (bicyclic) bond motifs is 3. The van der Waals surface area contributed by atoms with Gasteiger partial charge in [0.05, 0.1) is 11.1 Å². The Balaban J connectivity index is 1.70. The summed E-state index contributed by atoms with van der Waals surface area (Å²) in [4.78, 5) is 20.4. The highest BCUT2D eigenvalue weighted by molar-refractivity contribution is 6.08. The fourth-order valence-corrected chi connectivity index (χ4v) is 3.15. The zero-order chi connectivity index (χ0) is 16.0. The summed E-state index contributed by atoms with van der Waals surface area (Å²) in [6.45, 7) is 4.18. The Morgan fingerprint density at radius 3 is 2.91 bits per heavy atom. The molecule has 1 amide bonds. The molecule has 23 heavy (non-hydrogen) atoms. The lowest BCUT2D eigenvalue weighted by molar-refractivity contribution is 0.102. The zero-order valence-electron chi connectivity index (χ0n) is 13.1. The maximum absolute atomic E-state index is 12.7. The number of anilines is 1. The third-order valence-electron chi connectivity index (χ3n) is 4.38. The number of nitrogens with zero attached hydrogens (tertiary/aromatic N) is 2. The second-order valence-electron chi connectivity index (χ2n) is 6.09. The van der Waals surface area contributed by atoms with Gasteiger partial charge in [0.25, 0.3) is 5.91 Å². The largest absolute Gasteiger partial charge is 0.364 e. The number of aryl methyl sites for hydroxylation is 1. The first-order chi connectivity index (χ1) is 11.1.